The number of aromatic nitrogens is 1. The standard InChI is InChI=1S/C25H29N3O3S2/c29-33(30,27-15-5-2-6-16-27)23-13-11-20(12-14-23)24-19-32-25(26-21-8-3-1-4-9-21)28(24)18-22-10-7-17-31-22/h1,3-4,8-9,11-14,19,22H,2,5-7,10,15-18H2/t22-/m0/s1. The number of rotatable bonds is 6. The molecule has 174 valence electrons. The van der Waals surface area contributed by atoms with Crippen molar-refractivity contribution in [2.75, 3.05) is 19.7 Å². The van der Waals surface area contributed by atoms with Crippen molar-refractivity contribution in [2.24, 2.45) is 4.99 Å². The van der Waals surface area contributed by atoms with Crippen molar-refractivity contribution in [3.05, 3.63) is 64.8 Å². The maximum atomic E-state index is 13.0. The first-order valence-electron chi connectivity index (χ1n) is 11.6. The van der Waals surface area contributed by atoms with Gasteiger partial charge in [-0.1, -0.05) is 36.8 Å². The third kappa shape index (κ3) is 4.99. The number of thiazole rings is 1. The molecule has 0 bridgehead atoms. The number of benzene rings is 2. The molecule has 2 aliphatic heterocycles. The van der Waals surface area contributed by atoms with Gasteiger partial charge in [0.2, 0.25) is 10.0 Å². The highest BCUT2D eigenvalue weighted by molar-refractivity contribution is 7.89. The van der Waals surface area contributed by atoms with Gasteiger partial charge < -0.3 is 9.30 Å². The lowest BCUT2D eigenvalue weighted by Crippen LogP contribution is -2.35. The minimum Gasteiger partial charge on any atom is -0.376 e. The van der Waals surface area contributed by atoms with Crippen molar-refractivity contribution in [3.63, 3.8) is 0 Å². The Labute approximate surface area is 199 Å². The van der Waals surface area contributed by atoms with E-state index >= 15 is 0 Å². The van der Waals surface area contributed by atoms with Crippen molar-refractivity contribution in [1.29, 1.82) is 0 Å². The molecule has 2 saturated heterocycles. The fourth-order valence-electron chi connectivity index (χ4n) is 4.48. The molecule has 3 heterocycles. The molecule has 0 N–H and O–H groups in total. The molecule has 33 heavy (non-hydrogen) atoms. The topological polar surface area (TPSA) is 63.9 Å². The molecule has 0 unspecified atom stereocenters. The molecule has 0 spiro atoms. The number of nitrogens with zero attached hydrogens (tertiary/aromatic N) is 3. The summed E-state index contributed by atoms with van der Waals surface area (Å²) >= 11 is 1.60. The fourth-order valence-corrected chi connectivity index (χ4v) is 6.94. The summed E-state index contributed by atoms with van der Waals surface area (Å²) in [7, 11) is -3.43. The highest BCUT2D eigenvalue weighted by Gasteiger charge is 2.26. The zero-order chi connectivity index (χ0) is 22.7. The summed E-state index contributed by atoms with van der Waals surface area (Å²) in [5, 5.41) is 2.10. The van der Waals surface area contributed by atoms with Crippen LogP contribution < -0.4 is 4.80 Å². The second-order valence-corrected chi connectivity index (χ2v) is 11.4. The van der Waals surface area contributed by atoms with Crippen LogP contribution in [0.25, 0.3) is 11.3 Å². The first-order chi connectivity index (χ1) is 16.1. The number of ether oxygens (including phenoxy) is 1. The first kappa shape index (κ1) is 22.5. The minimum absolute atomic E-state index is 0.173. The maximum absolute atomic E-state index is 13.0. The summed E-state index contributed by atoms with van der Waals surface area (Å²) < 4.78 is 35.8. The van der Waals surface area contributed by atoms with Crippen LogP contribution in [0.15, 0.2) is 69.9 Å². The van der Waals surface area contributed by atoms with Gasteiger partial charge in [0, 0.05) is 25.1 Å². The zero-order valence-corrected chi connectivity index (χ0v) is 20.2. The molecule has 2 aromatic carbocycles. The number of sulfonamides is 1. The van der Waals surface area contributed by atoms with Crippen molar-refractivity contribution >= 4 is 27.0 Å². The number of hydrogen-bond acceptors (Lipinski definition) is 5. The highest BCUT2D eigenvalue weighted by atomic mass is 32.2. The van der Waals surface area contributed by atoms with Crippen LogP contribution in [-0.4, -0.2) is 43.1 Å². The van der Waals surface area contributed by atoms with Crippen molar-refractivity contribution < 1.29 is 13.2 Å². The Kier molecular flexibility index (Phi) is 6.78. The Morgan fingerprint density at radius 1 is 0.970 bits per heavy atom. The molecule has 2 fully saturated rings. The average molecular weight is 484 g/mol. The van der Waals surface area contributed by atoms with Crippen molar-refractivity contribution in [1.82, 2.24) is 8.87 Å². The molecular weight excluding hydrogens is 454 g/mol. The van der Waals surface area contributed by atoms with E-state index in [1.807, 2.05) is 42.5 Å². The number of para-hydroxylation sites is 1. The smallest absolute Gasteiger partial charge is 0.243 e. The Hall–Kier alpha value is -2.26. The van der Waals surface area contributed by atoms with Crippen LogP contribution in [0.4, 0.5) is 5.69 Å². The van der Waals surface area contributed by atoms with E-state index < -0.39 is 10.0 Å². The van der Waals surface area contributed by atoms with Crippen LogP contribution in [-0.2, 0) is 21.3 Å². The lowest BCUT2D eigenvalue weighted by Gasteiger charge is -2.25. The van der Waals surface area contributed by atoms with E-state index in [0.29, 0.717) is 18.0 Å². The molecule has 6 nitrogen and oxygen atoms in total. The predicted molar refractivity (Wildman–Crippen MR) is 131 cm³/mol. The third-order valence-electron chi connectivity index (χ3n) is 6.29. The van der Waals surface area contributed by atoms with E-state index in [1.165, 1.54) is 0 Å². The van der Waals surface area contributed by atoms with Crippen LogP contribution in [0.5, 0.6) is 0 Å². The molecule has 1 atom stereocenters. The SMILES string of the molecule is O=S(=O)(c1ccc(-c2csc(=Nc3ccccc3)n2C[C@@H]2CCCO2)cc1)N1CCCCC1. The average Bonchev–Trinajstić information content (AvgIpc) is 3.51. The molecular formula is C25H29N3O3S2. The normalized spacial score (nSPS) is 20.4. The summed E-state index contributed by atoms with van der Waals surface area (Å²) in [6.07, 6.45) is 5.27. The monoisotopic (exact) mass is 483 g/mol. The van der Waals surface area contributed by atoms with E-state index in [0.717, 1.165) is 67.0 Å². The second-order valence-electron chi connectivity index (χ2n) is 8.59. The number of piperidine rings is 1. The largest absolute Gasteiger partial charge is 0.376 e. The highest BCUT2D eigenvalue weighted by Crippen LogP contribution is 2.27. The molecule has 8 heteroatoms. The molecule has 0 aliphatic carbocycles. The molecule has 0 saturated carbocycles. The van der Waals surface area contributed by atoms with Crippen molar-refractivity contribution in [2.45, 2.75) is 49.6 Å². The fraction of sp³-hybridized carbons (Fsp3) is 0.400. The number of hydrogen-bond donors (Lipinski definition) is 0. The quantitative estimate of drug-likeness (QED) is 0.506. The van der Waals surface area contributed by atoms with Crippen LogP contribution in [0.2, 0.25) is 0 Å². The van der Waals surface area contributed by atoms with Gasteiger partial charge in [-0.15, -0.1) is 11.3 Å². The lowest BCUT2D eigenvalue weighted by atomic mass is 10.1. The first-order valence-corrected chi connectivity index (χ1v) is 13.9. The molecule has 3 aromatic rings. The van der Waals surface area contributed by atoms with Gasteiger partial charge >= 0.3 is 0 Å². The van der Waals surface area contributed by atoms with Crippen LogP contribution in [0.3, 0.4) is 0 Å². The van der Waals surface area contributed by atoms with Gasteiger partial charge in [0.1, 0.15) is 0 Å². The second kappa shape index (κ2) is 9.93. The van der Waals surface area contributed by atoms with Gasteiger partial charge in [0.15, 0.2) is 4.80 Å². The summed E-state index contributed by atoms with van der Waals surface area (Å²) in [5.74, 6) is 0. The van der Waals surface area contributed by atoms with Gasteiger partial charge in [0.05, 0.1) is 28.9 Å². The van der Waals surface area contributed by atoms with Gasteiger partial charge in [-0.25, -0.2) is 13.4 Å². The van der Waals surface area contributed by atoms with Crippen LogP contribution >= 0.6 is 11.3 Å². The van der Waals surface area contributed by atoms with E-state index in [4.69, 9.17) is 9.73 Å². The van der Waals surface area contributed by atoms with E-state index in [1.54, 1.807) is 27.8 Å². The van der Waals surface area contributed by atoms with E-state index in [9.17, 15) is 8.42 Å². The molecule has 2 aliphatic rings. The maximum Gasteiger partial charge on any atom is 0.243 e. The van der Waals surface area contributed by atoms with Gasteiger partial charge in [-0.3, -0.25) is 0 Å². The summed E-state index contributed by atoms with van der Waals surface area (Å²) in [6, 6.07) is 17.3. The van der Waals surface area contributed by atoms with E-state index in [2.05, 4.69) is 9.95 Å². The predicted octanol–water partition coefficient (Wildman–Crippen LogP) is 4.80. The Morgan fingerprint density at radius 3 is 2.42 bits per heavy atom. The van der Waals surface area contributed by atoms with E-state index in [-0.39, 0.29) is 6.10 Å². The Morgan fingerprint density at radius 2 is 1.73 bits per heavy atom. The van der Waals surface area contributed by atoms with Gasteiger partial charge in [-0.2, -0.15) is 4.31 Å². The van der Waals surface area contributed by atoms with Crippen molar-refractivity contribution in [3.8, 4) is 11.3 Å². The van der Waals surface area contributed by atoms with Crippen LogP contribution in [0, 0.1) is 0 Å². The van der Waals surface area contributed by atoms with Crippen LogP contribution in [0.1, 0.15) is 32.1 Å². The Bertz CT molecular complexity index is 1240. The van der Waals surface area contributed by atoms with Gasteiger partial charge in [-0.05, 0) is 55.5 Å². The van der Waals surface area contributed by atoms with Gasteiger partial charge in [0.25, 0.3) is 0 Å². The zero-order valence-electron chi connectivity index (χ0n) is 18.6. The summed E-state index contributed by atoms with van der Waals surface area (Å²) in [6.45, 7) is 2.76. The molecule has 5 rings (SSSR count). The summed E-state index contributed by atoms with van der Waals surface area (Å²) in [5.41, 5.74) is 2.93. The minimum atomic E-state index is -3.43. The lowest BCUT2D eigenvalue weighted by molar-refractivity contribution is 0.0968. The third-order valence-corrected chi connectivity index (χ3v) is 9.07. The molecule has 0 radical (unpaired) electrons. The molecule has 0 amide bonds. The Balaban J connectivity index is 1.49. The summed E-state index contributed by atoms with van der Waals surface area (Å²) in [4.78, 5) is 6.15. The molecule has 1 aromatic heterocycles.